The standard InChI is InChI=1S/C19H22N2O3/c1-13-6-2-3-7-14(13)10-11-20-17(22)12-21-18(23)15-8-4-5-9-16(15)19(21)24/h2-7,15-16H,8-12H2,1H3,(H,20,22)/t15-,16-/m1/s1. The van der Waals surface area contributed by atoms with Gasteiger partial charge in [-0.1, -0.05) is 36.4 Å². The van der Waals surface area contributed by atoms with E-state index < -0.39 is 0 Å². The Labute approximate surface area is 141 Å². The van der Waals surface area contributed by atoms with Crippen molar-refractivity contribution in [1.82, 2.24) is 10.2 Å². The molecule has 1 N–H and O–H groups in total. The lowest BCUT2D eigenvalue weighted by molar-refractivity contribution is -0.143. The van der Waals surface area contributed by atoms with E-state index in [-0.39, 0.29) is 36.1 Å². The highest BCUT2D eigenvalue weighted by Crippen LogP contribution is 2.34. The molecule has 0 bridgehead atoms. The number of fused-ring (bicyclic) bond motifs is 1. The van der Waals surface area contributed by atoms with Crippen LogP contribution in [0.5, 0.6) is 0 Å². The summed E-state index contributed by atoms with van der Waals surface area (Å²) >= 11 is 0. The summed E-state index contributed by atoms with van der Waals surface area (Å²) in [5.74, 6) is -1.24. The van der Waals surface area contributed by atoms with Crippen LogP contribution in [0.1, 0.15) is 24.0 Å². The van der Waals surface area contributed by atoms with E-state index in [4.69, 9.17) is 0 Å². The molecule has 5 heteroatoms. The van der Waals surface area contributed by atoms with E-state index in [1.807, 2.05) is 43.3 Å². The van der Waals surface area contributed by atoms with Crippen LogP contribution in [0.25, 0.3) is 0 Å². The molecule has 2 aliphatic rings. The molecule has 126 valence electrons. The molecule has 1 aliphatic heterocycles. The van der Waals surface area contributed by atoms with Crippen LogP contribution in [0, 0.1) is 18.8 Å². The number of nitrogens with one attached hydrogen (secondary N) is 1. The van der Waals surface area contributed by atoms with Crippen LogP contribution in [-0.2, 0) is 20.8 Å². The number of aryl methyl sites for hydroxylation is 1. The lowest BCUT2D eigenvalue weighted by Crippen LogP contribution is -2.41. The lowest BCUT2D eigenvalue weighted by atomic mass is 9.85. The van der Waals surface area contributed by atoms with Gasteiger partial charge in [-0.25, -0.2) is 0 Å². The summed E-state index contributed by atoms with van der Waals surface area (Å²) in [4.78, 5) is 37.9. The number of carbonyl (C=O) groups excluding carboxylic acids is 3. The average Bonchev–Trinajstić information content (AvgIpc) is 2.82. The van der Waals surface area contributed by atoms with Gasteiger partial charge in [-0.15, -0.1) is 0 Å². The van der Waals surface area contributed by atoms with E-state index in [1.165, 1.54) is 11.1 Å². The summed E-state index contributed by atoms with van der Waals surface area (Å²) in [5.41, 5.74) is 2.37. The first-order valence-electron chi connectivity index (χ1n) is 8.39. The average molecular weight is 326 g/mol. The highest BCUT2D eigenvalue weighted by Gasteiger charge is 2.47. The van der Waals surface area contributed by atoms with Crippen molar-refractivity contribution in [2.45, 2.75) is 26.2 Å². The van der Waals surface area contributed by atoms with Crippen LogP contribution in [0.15, 0.2) is 36.4 Å². The maximum Gasteiger partial charge on any atom is 0.240 e. The Morgan fingerprint density at radius 3 is 2.38 bits per heavy atom. The molecule has 0 unspecified atom stereocenters. The first-order chi connectivity index (χ1) is 11.6. The van der Waals surface area contributed by atoms with Gasteiger partial charge in [0, 0.05) is 6.54 Å². The zero-order chi connectivity index (χ0) is 17.1. The van der Waals surface area contributed by atoms with Crippen LogP contribution in [-0.4, -0.2) is 35.7 Å². The van der Waals surface area contributed by atoms with Gasteiger partial charge in [0.25, 0.3) is 0 Å². The minimum Gasteiger partial charge on any atom is -0.354 e. The van der Waals surface area contributed by atoms with Crippen LogP contribution in [0.4, 0.5) is 0 Å². The number of amides is 3. The summed E-state index contributed by atoms with van der Waals surface area (Å²) < 4.78 is 0. The van der Waals surface area contributed by atoms with Crippen molar-refractivity contribution in [3.8, 4) is 0 Å². The number of imide groups is 1. The fourth-order valence-corrected chi connectivity index (χ4v) is 3.45. The van der Waals surface area contributed by atoms with Crippen molar-refractivity contribution in [1.29, 1.82) is 0 Å². The largest absolute Gasteiger partial charge is 0.354 e. The number of carbonyl (C=O) groups is 3. The molecule has 1 saturated heterocycles. The van der Waals surface area contributed by atoms with Crippen LogP contribution < -0.4 is 5.32 Å². The van der Waals surface area contributed by atoms with E-state index in [9.17, 15) is 14.4 Å². The zero-order valence-corrected chi connectivity index (χ0v) is 13.8. The molecule has 1 fully saturated rings. The molecule has 0 spiro atoms. The van der Waals surface area contributed by atoms with E-state index in [0.717, 1.165) is 11.3 Å². The molecule has 0 aromatic heterocycles. The lowest BCUT2D eigenvalue weighted by Gasteiger charge is -2.14. The van der Waals surface area contributed by atoms with Crippen molar-refractivity contribution in [2.75, 3.05) is 13.1 Å². The number of hydrogen-bond donors (Lipinski definition) is 1. The predicted octanol–water partition coefficient (Wildman–Crippen LogP) is 1.60. The number of rotatable bonds is 5. The van der Waals surface area contributed by atoms with Crippen molar-refractivity contribution in [3.63, 3.8) is 0 Å². The van der Waals surface area contributed by atoms with Crippen molar-refractivity contribution >= 4 is 17.7 Å². The molecular formula is C19H22N2O3. The fraction of sp³-hybridized carbons (Fsp3) is 0.421. The summed E-state index contributed by atoms with van der Waals surface area (Å²) in [6.45, 7) is 2.36. The zero-order valence-electron chi connectivity index (χ0n) is 13.8. The molecule has 0 radical (unpaired) electrons. The molecule has 0 saturated carbocycles. The van der Waals surface area contributed by atoms with Gasteiger partial charge in [0.15, 0.2) is 0 Å². The third-order valence-electron chi connectivity index (χ3n) is 4.88. The second-order valence-electron chi connectivity index (χ2n) is 6.44. The van der Waals surface area contributed by atoms with Crippen molar-refractivity contribution in [2.24, 2.45) is 11.8 Å². The topological polar surface area (TPSA) is 66.5 Å². The van der Waals surface area contributed by atoms with Gasteiger partial charge in [0.05, 0.1) is 11.8 Å². The monoisotopic (exact) mass is 326 g/mol. The van der Waals surface area contributed by atoms with Gasteiger partial charge in [0.1, 0.15) is 6.54 Å². The van der Waals surface area contributed by atoms with Gasteiger partial charge in [-0.05, 0) is 37.3 Å². The van der Waals surface area contributed by atoms with Crippen molar-refractivity contribution < 1.29 is 14.4 Å². The first kappa shape index (κ1) is 16.4. The van der Waals surface area contributed by atoms with Gasteiger partial charge in [-0.2, -0.15) is 0 Å². The van der Waals surface area contributed by atoms with Crippen LogP contribution >= 0.6 is 0 Å². The maximum atomic E-state index is 12.3. The summed E-state index contributed by atoms with van der Waals surface area (Å²) in [6.07, 6.45) is 5.81. The number of benzene rings is 1. The molecular weight excluding hydrogens is 304 g/mol. The summed E-state index contributed by atoms with van der Waals surface area (Å²) in [6, 6.07) is 8.03. The number of likely N-dealkylation sites (tertiary alicyclic amines) is 1. The number of allylic oxidation sites excluding steroid dienone is 2. The third kappa shape index (κ3) is 3.25. The molecule has 2 atom stereocenters. The van der Waals surface area contributed by atoms with E-state index in [1.54, 1.807) is 0 Å². The van der Waals surface area contributed by atoms with Crippen LogP contribution in [0.3, 0.4) is 0 Å². The van der Waals surface area contributed by atoms with Gasteiger partial charge in [0.2, 0.25) is 17.7 Å². The molecule has 24 heavy (non-hydrogen) atoms. The van der Waals surface area contributed by atoms with Gasteiger partial charge in [-0.3, -0.25) is 19.3 Å². The minimum absolute atomic E-state index is 0.168. The predicted molar refractivity (Wildman–Crippen MR) is 90.0 cm³/mol. The van der Waals surface area contributed by atoms with E-state index in [0.29, 0.717) is 19.4 Å². The van der Waals surface area contributed by atoms with E-state index >= 15 is 0 Å². The highest BCUT2D eigenvalue weighted by atomic mass is 16.2. The van der Waals surface area contributed by atoms with Gasteiger partial charge < -0.3 is 5.32 Å². The Bertz CT molecular complexity index is 670. The smallest absolute Gasteiger partial charge is 0.240 e. The highest BCUT2D eigenvalue weighted by molar-refractivity contribution is 6.07. The van der Waals surface area contributed by atoms with Gasteiger partial charge >= 0.3 is 0 Å². The Hall–Kier alpha value is -2.43. The maximum absolute atomic E-state index is 12.3. The van der Waals surface area contributed by atoms with Crippen molar-refractivity contribution in [3.05, 3.63) is 47.5 Å². The van der Waals surface area contributed by atoms with Crippen LogP contribution in [0.2, 0.25) is 0 Å². The third-order valence-corrected chi connectivity index (χ3v) is 4.88. The number of nitrogens with zero attached hydrogens (tertiary/aromatic N) is 1. The quantitative estimate of drug-likeness (QED) is 0.660. The SMILES string of the molecule is Cc1ccccc1CCNC(=O)CN1C(=O)[C@@H]2CC=CC[C@H]2C1=O. The number of hydrogen-bond acceptors (Lipinski definition) is 3. The Balaban J connectivity index is 1.51. The first-order valence-corrected chi connectivity index (χ1v) is 8.39. The molecule has 5 nitrogen and oxygen atoms in total. The normalized spacial score (nSPS) is 22.6. The fourth-order valence-electron chi connectivity index (χ4n) is 3.45. The Kier molecular flexibility index (Phi) is 4.79. The molecule has 1 heterocycles. The molecule has 1 aliphatic carbocycles. The van der Waals surface area contributed by atoms with E-state index in [2.05, 4.69) is 5.32 Å². The summed E-state index contributed by atoms with van der Waals surface area (Å²) in [7, 11) is 0. The second kappa shape index (κ2) is 6.99. The second-order valence-corrected chi connectivity index (χ2v) is 6.44. The Morgan fingerprint density at radius 1 is 1.12 bits per heavy atom. The molecule has 3 amide bonds. The Morgan fingerprint density at radius 2 is 1.75 bits per heavy atom. The summed E-state index contributed by atoms with van der Waals surface area (Å²) in [5, 5.41) is 2.81. The molecule has 1 aromatic carbocycles. The minimum atomic E-state index is -0.281. The molecule has 1 aromatic rings. The molecule has 3 rings (SSSR count).